The zero-order chi connectivity index (χ0) is 18.1. The molecule has 25 heavy (non-hydrogen) atoms. The quantitative estimate of drug-likeness (QED) is 0.617. The minimum absolute atomic E-state index is 0.0750. The summed E-state index contributed by atoms with van der Waals surface area (Å²) < 4.78 is 10.7. The lowest BCUT2D eigenvalue weighted by Crippen LogP contribution is -2.42. The lowest BCUT2D eigenvalue weighted by molar-refractivity contribution is -0.517. The fraction of sp³-hybridized carbons (Fsp3) is 0.188. The van der Waals surface area contributed by atoms with Crippen molar-refractivity contribution in [3.05, 3.63) is 73.8 Å². The highest BCUT2D eigenvalue weighted by molar-refractivity contribution is 6.03. The van der Waals surface area contributed by atoms with E-state index < -0.39 is 27.8 Å². The van der Waals surface area contributed by atoms with Crippen LogP contribution < -0.4 is 9.47 Å². The standard InChI is InChI=1S/C16H12N2O7/c1-24-9-6-7-12(17(20)21)11(8-9)16-14(18(22)23)15(19)10-4-2-3-5-13(10)25-16/h2-8,14,16H,1H3. The maximum atomic E-state index is 12.6. The number of hydrogen-bond donors (Lipinski definition) is 0. The maximum absolute atomic E-state index is 12.6. The Hall–Kier alpha value is -3.49. The normalized spacial score (nSPS) is 18.8. The fourth-order valence-corrected chi connectivity index (χ4v) is 2.76. The van der Waals surface area contributed by atoms with Crippen LogP contribution in [0.2, 0.25) is 0 Å². The van der Waals surface area contributed by atoms with Gasteiger partial charge in [0, 0.05) is 11.0 Å². The molecular formula is C16H12N2O7. The number of para-hydroxylation sites is 1. The van der Waals surface area contributed by atoms with Crippen LogP contribution in [0.5, 0.6) is 11.5 Å². The maximum Gasteiger partial charge on any atom is 0.315 e. The molecule has 1 aliphatic rings. The van der Waals surface area contributed by atoms with Crippen LogP contribution in [-0.2, 0) is 0 Å². The summed E-state index contributed by atoms with van der Waals surface area (Å²) in [4.78, 5) is 33.9. The van der Waals surface area contributed by atoms with Crippen LogP contribution in [0.25, 0.3) is 0 Å². The van der Waals surface area contributed by atoms with Gasteiger partial charge in [-0.15, -0.1) is 0 Å². The minimum Gasteiger partial charge on any atom is -0.497 e. The van der Waals surface area contributed by atoms with Crippen LogP contribution >= 0.6 is 0 Å². The highest BCUT2D eigenvalue weighted by Crippen LogP contribution is 2.40. The van der Waals surface area contributed by atoms with Gasteiger partial charge in [0.25, 0.3) is 5.69 Å². The summed E-state index contributed by atoms with van der Waals surface area (Å²) in [7, 11) is 1.36. The van der Waals surface area contributed by atoms with Crippen LogP contribution in [0.15, 0.2) is 42.5 Å². The highest BCUT2D eigenvalue weighted by Gasteiger charge is 2.49. The van der Waals surface area contributed by atoms with E-state index in [0.29, 0.717) is 0 Å². The van der Waals surface area contributed by atoms with Crippen molar-refractivity contribution in [1.29, 1.82) is 0 Å². The summed E-state index contributed by atoms with van der Waals surface area (Å²) in [6.07, 6.45) is -1.44. The van der Waals surface area contributed by atoms with E-state index in [2.05, 4.69) is 0 Å². The third kappa shape index (κ3) is 2.75. The van der Waals surface area contributed by atoms with E-state index in [0.717, 1.165) is 0 Å². The number of hydrogen-bond acceptors (Lipinski definition) is 7. The summed E-state index contributed by atoms with van der Waals surface area (Å²) >= 11 is 0. The monoisotopic (exact) mass is 344 g/mol. The Morgan fingerprint density at radius 2 is 1.84 bits per heavy atom. The van der Waals surface area contributed by atoms with Gasteiger partial charge < -0.3 is 9.47 Å². The first kappa shape index (κ1) is 16.4. The van der Waals surface area contributed by atoms with Crippen molar-refractivity contribution < 1.29 is 24.1 Å². The van der Waals surface area contributed by atoms with Crippen LogP contribution in [0.3, 0.4) is 0 Å². The van der Waals surface area contributed by atoms with Gasteiger partial charge in [0.2, 0.25) is 11.9 Å². The second-order valence-corrected chi connectivity index (χ2v) is 5.31. The number of benzene rings is 2. The Labute approximate surface area is 141 Å². The molecule has 0 saturated carbocycles. The lowest BCUT2D eigenvalue weighted by atomic mass is 9.91. The molecule has 0 aromatic heterocycles. The lowest BCUT2D eigenvalue weighted by Gasteiger charge is -2.27. The van der Waals surface area contributed by atoms with E-state index in [9.17, 15) is 25.0 Å². The first-order valence-corrected chi connectivity index (χ1v) is 7.19. The Kier molecular flexibility index (Phi) is 4.05. The molecular weight excluding hydrogens is 332 g/mol. The first-order chi connectivity index (χ1) is 11.9. The molecule has 128 valence electrons. The number of carbonyl (C=O) groups is 1. The second kappa shape index (κ2) is 6.19. The summed E-state index contributed by atoms with van der Waals surface area (Å²) in [6.45, 7) is 0. The molecule has 0 amide bonds. The van der Waals surface area contributed by atoms with Gasteiger partial charge in [0.1, 0.15) is 11.5 Å². The second-order valence-electron chi connectivity index (χ2n) is 5.31. The SMILES string of the molecule is COc1ccc([N+](=O)[O-])c(C2Oc3ccccc3C(=O)C2[N+](=O)[O-])c1. The molecule has 3 rings (SSSR count). The fourth-order valence-electron chi connectivity index (χ4n) is 2.76. The smallest absolute Gasteiger partial charge is 0.315 e. The molecule has 0 aliphatic carbocycles. The van der Waals surface area contributed by atoms with Gasteiger partial charge in [0.05, 0.1) is 23.2 Å². The van der Waals surface area contributed by atoms with Crippen molar-refractivity contribution in [3.63, 3.8) is 0 Å². The number of nitro groups is 2. The Morgan fingerprint density at radius 1 is 1.12 bits per heavy atom. The average Bonchev–Trinajstić information content (AvgIpc) is 2.60. The predicted octanol–water partition coefficient (Wildman–Crippen LogP) is 2.57. The molecule has 2 aromatic rings. The van der Waals surface area contributed by atoms with E-state index in [-0.39, 0.29) is 28.3 Å². The van der Waals surface area contributed by atoms with Crippen molar-refractivity contribution in [2.75, 3.05) is 7.11 Å². The highest BCUT2D eigenvalue weighted by atomic mass is 16.6. The number of nitrogens with zero attached hydrogens (tertiary/aromatic N) is 2. The largest absolute Gasteiger partial charge is 0.497 e. The number of ketones is 1. The topological polar surface area (TPSA) is 122 Å². The van der Waals surface area contributed by atoms with E-state index in [4.69, 9.17) is 9.47 Å². The Bertz CT molecular complexity index is 881. The molecule has 2 aromatic carbocycles. The number of rotatable bonds is 4. The molecule has 9 nitrogen and oxygen atoms in total. The van der Waals surface area contributed by atoms with Crippen LogP contribution in [-0.4, -0.2) is 28.8 Å². The van der Waals surface area contributed by atoms with Gasteiger partial charge in [-0.05, 0) is 24.3 Å². The number of Topliss-reactive ketones (excluding diaryl/α,β-unsaturated/α-hetero) is 1. The molecule has 0 bridgehead atoms. The predicted molar refractivity (Wildman–Crippen MR) is 84.6 cm³/mol. The van der Waals surface area contributed by atoms with E-state index in [1.54, 1.807) is 12.1 Å². The van der Waals surface area contributed by atoms with Gasteiger partial charge in [-0.1, -0.05) is 12.1 Å². The third-order valence-electron chi connectivity index (χ3n) is 3.93. The van der Waals surface area contributed by atoms with Gasteiger partial charge in [-0.3, -0.25) is 25.0 Å². The van der Waals surface area contributed by atoms with Gasteiger partial charge >= 0.3 is 6.04 Å². The van der Waals surface area contributed by atoms with Crippen molar-refractivity contribution in [2.45, 2.75) is 12.1 Å². The first-order valence-electron chi connectivity index (χ1n) is 7.19. The van der Waals surface area contributed by atoms with E-state index in [1.165, 1.54) is 37.4 Å². The minimum atomic E-state index is -1.79. The van der Waals surface area contributed by atoms with Crippen LogP contribution in [0.1, 0.15) is 22.0 Å². The summed E-state index contributed by atoms with van der Waals surface area (Å²) in [5, 5.41) is 22.8. The van der Waals surface area contributed by atoms with Crippen molar-refractivity contribution in [3.8, 4) is 11.5 Å². The number of ether oxygens (including phenoxy) is 2. The third-order valence-corrected chi connectivity index (χ3v) is 3.93. The summed E-state index contributed by atoms with van der Waals surface area (Å²) in [6, 6.07) is 8.09. The molecule has 0 saturated heterocycles. The molecule has 2 atom stereocenters. The average molecular weight is 344 g/mol. The van der Waals surface area contributed by atoms with Crippen molar-refractivity contribution in [2.24, 2.45) is 0 Å². The van der Waals surface area contributed by atoms with Crippen LogP contribution in [0, 0.1) is 20.2 Å². The molecule has 0 spiro atoms. The Morgan fingerprint density at radius 3 is 2.48 bits per heavy atom. The number of carbonyl (C=O) groups excluding carboxylic acids is 1. The number of fused-ring (bicyclic) bond motifs is 1. The molecule has 0 N–H and O–H groups in total. The Balaban J connectivity index is 2.20. The zero-order valence-corrected chi connectivity index (χ0v) is 12.9. The molecule has 1 aliphatic heterocycles. The van der Waals surface area contributed by atoms with Crippen molar-refractivity contribution in [1.82, 2.24) is 0 Å². The van der Waals surface area contributed by atoms with Crippen molar-refractivity contribution >= 4 is 11.5 Å². The molecule has 2 unspecified atom stereocenters. The van der Waals surface area contributed by atoms with Gasteiger partial charge in [-0.25, -0.2) is 0 Å². The van der Waals surface area contributed by atoms with Gasteiger partial charge in [-0.2, -0.15) is 0 Å². The van der Waals surface area contributed by atoms with E-state index >= 15 is 0 Å². The summed E-state index contributed by atoms with van der Waals surface area (Å²) in [5.74, 6) is -0.348. The zero-order valence-electron chi connectivity index (χ0n) is 12.9. The van der Waals surface area contributed by atoms with Gasteiger partial charge in [0.15, 0.2) is 0 Å². The number of methoxy groups -OCH3 is 1. The summed E-state index contributed by atoms with van der Waals surface area (Å²) in [5.41, 5.74) is -0.398. The molecule has 0 fully saturated rings. The number of nitro benzene ring substituents is 1. The molecule has 9 heteroatoms. The molecule has 1 heterocycles. The van der Waals surface area contributed by atoms with E-state index in [1.807, 2.05) is 0 Å². The van der Waals surface area contributed by atoms with Crippen LogP contribution in [0.4, 0.5) is 5.69 Å². The molecule has 0 radical (unpaired) electrons.